The number of ether oxygens (including phenoxy) is 1. The van der Waals surface area contributed by atoms with Gasteiger partial charge in [-0.1, -0.05) is 42.5 Å². The summed E-state index contributed by atoms with van der Waals surface area (Å²) >= 11 is 0. The van der Waals surface area contributed by atoms with E-state index < -0.39 is 5.41 Å². The first-order chi connectivity index (χ1) is 14.1. The number of fused-ring (bicyclic) bond motifs is 1. The van der Waals surface area contributed by atoms with Crippen LogP contribution in [0.15, 0.2) is 66.2 Å². The van der Waals surface area contributed by atoms with E-state index in [0.717, 1.165) is 16.9 Å². The van der Waals surface area contributed by atoms with Crippen LogP contribution in [-0.2, 0) is 21.5 Å². The van der Waals surface area contributed by atoms with E-state index in [2.05, 4.69) is 0 Å². The maximum absolute atomic E-state index is 13.8. The van der Waals surface area contributed by atoms with E-state index in [9.17, 15) is 14.9 Å². The summed E-state index contributed by atoms with van der Waals surface area (Å²) < 4.78 is 5.30. The molecule has 2 aliphatic rings. The molecule has 0 N–H and O–H groups in total. The van der Waals surface area contributed by atoms with Gasteiger partial charge in [0.05, 0.1) is 18.1 Å². The van der Waals surface area contributed by atoms with Gasteiger partial charge in [0.1, 0.15) is 11.8 Å². The van der Waals surface area contributed by atoms with Gasteiger partial charge in [-0.2, -0.15) is 5.26 Å². The number of hydrogen-bond acceptors (Lipinski definition) is 4. The zero-order valence-electron chi connectivity index (χ0n) is 16.3. The fourth-order valence-corrected chi connectivity index (χ4v) is 4.55. The Morgan fingerprint density at radius 1 is 1.17 bits per heavy atom. The predicted molar refractivity (Wildman–Crippen MR) is 108 cm³/mol. The van der Waals surface area contributed by atoms with Crippen molar-refractivity contribution in [2.75, 3.05) is 13.7 Å². The molecule has 1 saturated heterocycles. The highest BCUT2D eigenvalue weighted by Gasteiger charge is 2.53. The van der Waals surface area contributed by atoms with E-state index in [1.807, 2.05) is 65.6 Å². The number of amides is 1. The molecule has 0 saturated carbocycles. The van der Waals surface area contributed by atoms with Crippen molar-refractivity contribution in [2.45, 2.75) is 24.8 Å². The lowest BCUT2D eigenvalue weighted by Gasteiger charge is -2.47. The number of nitrogens with zero attached hydrogens (tertiary/aromatic N) is 2. The molecule has 0 radical (unpaired) electrons. The number of allylic oxidation sites excluding steroid dienone is 1. The van der Waals surface area contributed by atoms with Gasteiger partial charge in [-0.15, -0.1) is 0 Å². The fraction of sp³-hybridized carbons (Fsp3) is 0.292. The zero-order valence-corrected chi connectivity index (χ0v) is 16.3. The van der Waals surface area contributed by atoms with Crippen LogP contribution in [-0.4, -0.2) is 30.2 Å². The Morgan fingerprint density at radius 2 is 1.97 bits per heavy atom. The van der Waals surface area contributed by atoms with Crippen molar-refractivity contribution in [3.8, 4) is 11.8 Å². The summed E-state index contributed by atoms with van der Waals surface area (Å²) in [5.74, 6) is 0.391. The predicted octanol–water partition coefficient (Wildman–Crippen LogP) is 3.40. The van der Waals surface area contributed by atoms with E-state index in [1.54, 1.807) is 13.2 Å². The van der Waals surface area contributed by atoms with Gasteiger partial charge >= 0.3 is 0 Å². The SMILES string of the molecule is COc1cccc(CN2CCC3CC(=O)C(C#N)=CC3(c3ccccc3)C2=O)c1. The Balaban J connectivity index is 1.77. The van der Waals surface area contributed by atoms with Gasteiger partial charge in [0, 0.05) is 19.5 Å². The maximum atomic E-state index is 13.8. The van der Waals surface area contributed by atoms with Crippen LogP contribution in [0.1, 0.15) is 24.0 Å². The Morgan fingerprint density at radius 3 is 2.69 bits per heavy atom. The number of likely N-dealkylation sites (tertiary alicyclic amines) is 1. The fourth-order valence-electron chi connectivity index (χ4n) is 4.55. The van der Waals surface area contributed by atoms with Crippen LogP contribution in [0.25, 0.3) is 0 Å². The molecule has 0 bridgehead atoms. The molecule has 5 heteroatoms. The molecule has 1 fully saturated rings. The summed E-state index contributed by atoms with van der Waals surface area (Å²) in [7, 11) is 1.62. The van der Waals surface area contributed by atoms with Crippen molar-refractivity contribution in [2.24, 2.45) is 5.92 Å². The highest BCUT2D eigenvalue weighted by Crippen LogP contribution is 2.47. The van der Waals surface area contributed by atoms with Crippen LogP contribution in [0.2, 0.25) is 0 Å². The van der Waals surface area contributed by atoms with E-state index in [4.69, 9.17) is 4.74 Å². The molecule has 1 heterocycles. The molecule has 2 aromatic carbocycles. The lowest BCUT2D eigenvalue weighted by atomic mass is 9.60. The van der Waals surface area contributed by atoms with E-state index in [0.29, 0.717) is 19.5 Å². The smallest absolute Gasteiger partial charge is 0.237 e. The minimum atomic E-state index is -0.975. The van der Waals surface area contributed by atoms with Gasteiger partial charge in [-0.3, -0.25) is 9.59 Å². The number of nitriles is 1. The standard InChI is InChI=1S/C24H22N2O3/c1-29-21-9-5-6-17(12-21)16-26-11-10-20-13-22(27)18(15-25)14-24(20,23(26)28)19-7-3-2-4-8-19/h2-9,12,14,20H,10-11,13,16H2,1H3. The Bertz CT molecular complexity index is 1020. The summed E-state index contributed by atoms with van der Waals surface area (Å²) in [6, 6.07) is 19.2. The minimum Gasteiger partial charge on any atom is -0.497 e. The summed E-state index contributed by atoms with van der Waals surface area (Å²) in [6.45, 7) is 1.04. The van der Waals surface area contributed by atoms with Crippen LogP contribution in [0.4, 0.5) is 0 Å². The third kappa shape index (κ3) is 3.21. The number of benzene rings is 2. The van der Waals surface area contributed by atoms with Gasteiger partial charge < -0.3 is 9.64 Å². The topological polar surface area (TPSA) is 70.4 Å². The van der Waals surface area contributed by atoms with E-state index in [1.165, 1.54) is 0 Å². The van der Waals surface area contributed by atoms with Gasteiger partial charge in [0.15, 0.2) is 5.78 Å². The summed E-state index contributed by atoms with van der Waals surface area (Å²) in [5, 5.41) is 9.48. The molecule has 146 valence electrons. The molecule has 2 atom stereocenters. The minimum absolute atomic E-state index is 0.0528. The molecule has 29 heavy (non-hydrogen) atoms. The van der Waals surface area contributed by atoms with Crippen molar-refractivity contribution >= 4 is 11.7 Å². The second-order valence-electron chi connectivity index (χ2n) is 7.60. The number of hydrogen-bond donors (Lipinski definition) is 0. The monoisotopic (exact) mass is 386 g/mol. The molecule has 1 aliphatic heterocycles. The number of Topliss-reactive ketones (excluding diaryl/α,β-unsaturated/α-hetero) is 1. The van der Waals surface area contributed by atoms with Crippen LogP contribution >= 0.6 is 0 Å². The van der Waals surface area contributed by atoms with Crippen molar-refractivity contribution in [1.29, 1.82) is 5.26 Å². The number of rotatable bonds is 4. The average molecular weight is 386 g/mol. The number of piperidine rings is 1. The summed E-state index contributed by atoms with van der Waals surface area (Å²) in [6.07, 6.45) is 2.57. The molecule has 2 unspecified atom stereocenters. The van der Waals surface area contributed by atoms with Crippen molar-refractivity contribution in [1.82, 2.24) is 4.90 Å². The van der Waals surface area contributed by atoms with Crippen LogP contribution in [0, 0.1) is 17.2 Å². The van der Waals surface area contributed by atoms with Crippen LogP contribution in [0.3, 0.4) is 0 Å². The van der Waals surface area contributed by atoms with Gasteiger partial charge in [-0.25, -0.2) is 0 Å². The van der Waals surface area contributed by atoms with Gasteiger partial charge in [0.25, 0.3) is 0 Å². The summed E-state index contributed by atoms with van der Waals surface area (Å²) in [4.78, 5) is 28.0. The largest absolute Gasteiger partial charge is 0.497 e. The molecule has 4 rings (SSSR count). The lowest BCUT2D eigenvalue weighted by molar-refractivity contribution is -0.143. The molecule has 1 aliphatic carbocycles. The number of carbonyl (C=O) groups excluding carboxylic acids is 2. The van der Waals surface area contributed by atoms with E-state index in [-0.39, 0.29) is 29.6 Å². The molecular formula is C24H22N2O3. The normalized spacial score (nSPS) is 23.8. The Labute approximate surface area is 170 Å². The maximum Gasteiger partial charge on any atom is 0.237 e. The number of carbonyl (C=O) groups is 2. The zero-order chi connectivity index (χ0) is 20.4. The van der Waals surface area contributed by atoms with Crippen LogP contribution < -0.4 is 4.74 Å². The Hall–Kier alpha value is -3.39. The second-order valence-corrected chi connectivity index (χ2v) is 7.60. The second kappa shape index (κ2) is 7.56. The quantitative estimate of drug-likeness (QED) is 0.807. The highest BCUT2D eigenvalue weighted by molar-refractivity contribution is 6.04. The summed E-state index contributed by atoms with van der Waals surface area (Å²) in [5.41, 5.74) is 0.931. The van der Waals surface area contributed by atoms with Gasteiger partial charge in [0.2, 0.25) is 5.91 Å². The van der Waals surface area contributed by atoms with Gasteiger partial charge in [-0.05, 0) is 41.7 Å². The molecule has 2 aromatic rings. The van der Waals surface area contributed by atoms with Crippen molar-refractivity contribution in [3.63, 3.8) is 0 Å². The van der Waals surface area contributed by atoms with E-state index >= 15 is 0 Å². The molecule has 1 amide bonds. The number of methoxy groups -OCH3 is 1. The third-order valence-corrected chi connectivity index (χ3v) is 6.02. The molecule has 0 spiro atoms. The highest BCUT2D eigenvalue weighted by atomic mass is 16.5. The average Bonchev–Trinajstić information content (AvgIpc) is 2.76. The first-order valence-electron chi connectivity index (χ1n) is 9.72. The van der Waals surface area contributed by atoms with Crippen LogP contribution in [0.5, 0.6) is 5.75 Å². The molecular weight excluding hydrogens is 364 g/mol. The molecule has 0 aromatic heterocycles. The third-order valence-electron chi connectivity index (χ3n) is 6.02. The van der Waals surface area contributed by atoms with Crippen molar-refractivity contribution < 1.29 is 14.3 Å². The number of ketones is 1. The van der Waals surface area contributed by atoms with Crippen molar-refractivity contribution in [3.05, 3.63) is 77.4 Å². The Kier molecular flexibility index (Phi) is 4.94. The lowest BCUT2D eigenvalue weighted by Crippen LogP contribution is -2.57. The molecule has 5 nitrogen and oxygen atoms in total. The first kappa shape index (κ1) is 18.9. The first-order valence-corrected chi connectivity index (χ1v) is 9.72.